The Bertz CT molecular complexity index is 1190. The van der Waals surface area contributed by atoms with E-state index in [-0.39, 0.29) is 43.2 Å². The largest absolute Gasteiger partial charge is 0.396 e. The highest BCUT2D eigenvalue weighted by molar-refractivity contribution is 7.15. The maximum atomic E-state index is 13.6. The lowest BCUT2D eigenvalue weighted by Crippen LogP contribution is -2.57. The number of benzene rings is 1. The number of aliphatic hydroxyl groups excluding tert-OH is 2. The van der Waals surface area contributed by atoms with E-state index in [0.29, 0.717) is 36.4 Å². The van der Waals surface area contributed by atoms with Crippen LogP contribution in [0, 0.1) is 28.4 Å². The van der Waals surface area contributed by atoms with Gasteiger partial charge in [-0.05, 0) is 54.7 Å². The van der Waals surface area contributed by atoms with Gasteiger partial charge in [0.1, 0.15) is 11.6 Å². The first-order valence-corrected chi connectivity index (χ1v) is 14.6. The molecule has 0 spiro atoms. The second kappa shape index (κ2) is 12.0. The average Bonchev–Trinajstić information content (AvgIpc) is 3.28. The topological polar surface area (TPSA) is 112 Å². The van der Waals surface area contributed by atoms with E-state index in [1.807, 2.05) is 6.92 Å². The van der Waals surface area contributed by atoms with Crippen molar-refractivity contribution < 1.29 is 28.6 Å². The van der Waals surface area contributed by atoms with E-state index >= 15 is 0 Å². The van der Waals surface area contributed by atoms with Crippen molar-refractivity contribution in [3.63, 3.8) is 0 Å². The molecule has 2 amide bonds. The van der Waals surface area contributed by atoms with E-state index < -0.39 is 28.6 Å². The predicted molar refractivity (Wildman–Crippen MR) is 146 cm³/mol. The lowest BCUT2D eigenvalue weighted by atomic mass is 9.47. The minimum atomic E-state index is -0.758. The molecule has 1 aromatic heterocycles. The highest BCUT2D eigenvalue weighted by atomic mass is 32.1. The number of unbranched alkanes of at least 4 members (excludes halogenated alkanes) is 2. The number of thiazole rings is 1. The lowest BCUT2D eigenvalue weighted by Gasteiger charge is -2.58. The predicted octanol–water partition coefficient (Wildman–Crippen LogP) is 5.06. The summed E-state index contributed by atoms with van der Waals surface area (Å²) in [5, 5.41) is 27.5. The number of nitrogens with zero attached hydrogens (tertiary/aromatic N) is 1. The molecule has 0 unspecified atom stereocenters. The third kappa shape index (κ3) is 6.18. The van der Waals surface area contributed by atoms with Gasteiger partial charge in [-0.3, -0.25) is 9.59 Å². The number of carbonyl (C=O) groups is 2. The minimum Gasteiger partial charge on any atom is -0.396 e. The fourth-order valence-electron chi connectivity index (χ4n) is 6.59. The van der Waals surface area contributed by atoms with Gasteiger partial charge in [0.2, 0.25) is 11.8 Å². The number of rotatable bonds is 10. The number of aliphatic hydroxyl groups is 2. The summed E-state index contributed by atoms with van der Waals surface area (Å²) in [6.07, 6.45) is 4.35. The second-order valence-electron chi connectivity index (χ2n) is 11.6. The molecule has 214 valence electrons. The number of aromatic nitrogens is 1. The maximum Gasteiger partial charge on any atom is 0.226 e. The standard InChI is InChI=1S/C29H39F2N3O4S/c1-4-5-6-7-24(37)33-27-34-26-20(13-25(38)32-15-17-10-18(30)12-19(31)11-17)28(2)9-8-23(36)29(3,16-35)22(28)14-21(26)39-27/h10-12,20,22-23,35-36H,4-9,13-16H2,1-3H3,(H,32,38)(H,33,34,37)/t20-,22+,23-,28+,29+/m1/s1. The van der Waals surface area contributed by atoms with Gasteiger partial charge in [-0.15, -0.1) is 11.3 Å². The van der Waals surface area contributed by atoms with E-state index in [1.165, 1.54) is 23.5 Å². The van der Waals surface area contributed by atoms with Crippen molar-refractivity contribution >= 4 is 28.3 Å². The summed E-state index contributed by atoms with van der Waals surface area (Å²) < 4.78 is 27.2. The van der Waals surface area contributed by atoms with Crippen LogP contribution in [-0.2, 0) is 22.6 Å². The zero-order valence-corrected chi connectivity index (χ0v) is 23.7. The Morgan fingerprint density at radius 3 is 2.54 bits per heavy atom. The summed E-state index contributed by atoms with van der Waals surface area (Å²) in [5.41, 5.74) is -0.106. The molecule has 0 radical (unpaired) electrons. The molecule has 1 heterocycles. The van der Waals surface area contributed by atoms with E-state index in [4.69, 9.17) is 4.98 Å². The van der Waals surface area contributed by atoms with Crippen molar-refractivity contribution in [1.29, 1.82) is 0 Å². The molecular weight excluding hydrogens is 524 g/mol. The molecule has 0 aliphatic heterocycles. The van der Waals surface area contributed by atoms with Crippen molar-refractivity contribution in [2.24, 2.45) is 16.7 Å². The Hall–Kier alpha value is -2.43. The average molecular weight is 564 g/mol. The van der Waals surface area contributed by atoms with Gasteiger partial charge in [-0.1, -0.05) is 33.6 Å². The summed E-state index contributed by atoms with van der Waals surface area (Å²) in [6, 6.07) is 3.16. The van der Waals surface area contributed by atoms with Crippen LogP contribution in [0.1, 0.15) is 87.8 Å². The maximum absolute atomic E-state index is 13.6. The van der Waals surface area contributed by atoms with Crippen LogP contribution in [0.5, 0.6) is 0 Å². The molecule has 0 saturated heterocycles. The minimum absolute atomic E-state index is 0.0174. The third-order valence-corrected chi connectivity index (χ3v) is 9.96. The van der Waals surface area contributed by atoms with Crippen molar-refractivity contribution in [2.45, 2.75) is 90.7 Å². The number of amides is 2. The molecule has 7 nitrogen and oxygen atoms in total. The van der Waals surface area contributed by atoms with Crippen LogP contribution in [0.3, 0.4) is 0 Å². The van der Waals surface area contributed by atoms with Crippen molar-refractivity contribution in [3.05, 3.63) is 46.0 Å². The molecule has 0 bridgehead atoms. The van der Waals surface area contributed by atoms with Crippen molar-refractivity contribution in [3.8, 4) is 0 Å². The quantitative estimate of drug-likeness (QED) is 0.302. The smallest absolute Gasteiger partial charge is 0.226 e. The SMILES string of the molecule is CCCCCC(=O)Nc1nc2c(s1)C[C@@H]1[C@](C)(CO)[C@H](O)CC[C@@]1(C)[C@@H]2CC(=O)NCc1cc(F)cc(F)c1. The zero-order valence-electron chi connectivity index (χ0n) is 22.9. The Balaban J connectivity index is 1.60. The zero-order chi connectivity index (χ0) is 28.4. The number of anilines is 1. The molecule has 1 saturated carbocycles. The monoisotopic (exact) mass is 563 g/mol. The molecule has 10 heteroatoms. The molecule has 1 aromatic carbocycles. The summed E-state index contributed by atoms with van der Waals surface area (Å²) >= 11 is 1.39. The third-order valence-electron chi connectivity index (χ3n) is 8.95. The van der Waals surface area contributed by atoms with Crippen LogP contribution in [0.4, 0.5) is 13.9 Å². The van der Waals surface area contributed by atoms with Crippen LogP contribution >= 0.6 is 11.3 Å². The fourth-order valence-corrected chi connectivity index (χ4v) is 7.67. The molecule has 5 atom stereocenters. The van der Waals surface area contributed by atoms with Crippen molar-refractivity contribution in [1.82, 2.24) is 10.3 Å². The van der Waals surface area contributed by atoms with E-state index in [1.54, 1.807) is 0 Å². The first-order chi connectivity index (χ1) is 18.5. The van der Waals surface area contributed by atoms with Gasteiger partial charge < -0.3 is 20.8 Å². The van der Waals surface area contributed by atoms with Crippen molar-refractivity contribution in [2.75, 3.05) is 11.9 Å². The summed E-state index contributed by atoms with van der Waals surface area (Å²) in [7, 11) is 0. The Labute approximate surface area is 232 Å². The normalized spacial score (nSPS) is 27.9. The molecule has 39 heavy (non-hydrogen) atoms. The number of hydrogen-bond donors (Lipinski definition) is 4. The second-order valence-corrected chi connectivity index (χ2v) is 12.7. The van der Waals surface area contributed by atoms with Crippen LogP contribution in [0.15, 0.2) is 18.2 Å². The number of hydrogen-bond acceptors (Lipinski definition) is 6. The lowest BCUT2D eigenvalue weighted by molar-refractivity contribution is -0.144. The van der Waals surface area contributed by atoms with Gasteiger partial charge in [-0.2, -0.15) is 0 Å². The fraction of sp³-hybridized carbons (Fsp3) is 0.621. The van der Waals surface area contributed by atoms with Gasteiger partial charge in [0.05, 0.1) is 18.4 Å². The van der Waals surface area contributed by atoms with Gasteiger partial charge in [0, 0.05) is 41.7 Å². The molecular formula is C29H39F2N3O4S. The highest BCUT2D eigenvalue weighted by Gasteiger charge is 2.59. The van der Waals surface area contributed by atoms with E-state index in [9.17, 15) is 28.6 Å². The number of fused-ring (bicyclic) bond motifs is 2. The van der Waals surface area contributed by atoms with Gasteiger partial charge in [-0.25, -0.2) is 13.8 Å². The van der Waals surface area contributed by atoms with Gasteiger partial charge >= 0.3 is 0 Å². The Morgan fingerprint density at radius 1 is 1.15 bits per heavy atom. The van der Waals surface area contributed by atoms with E-state index in [2.05, 4.69) is 24.5 Å². The molecule has 1 fully saturated rings. The Kier molecular flexibility index (Phi) is 9.08. The molecule has 2 aliphatic rings. The molecule has 4 N–H and O–H groups in total. The van der Waals surface area contributed by atoms with Gasteiger partial charge in [0.15, 0.2) is 5.13 Å². The first kappa shape index (κ1) is 29.6. The number of nitrogens with one attached hydrogen (secondary N) is 2. The van der Waals surface area contributed by atoms with Crippen LogP contribution in [0.25, 0.3) is 0 Å². The van der Waals surface area contributed by atoms with Gasteiger partial charge in [0.25, 0.3) is 0 Å². The van der Waals surface area contributed by atoms with Crippen LogP contribution < -0.4 is 10.6 Å². The van der Waals surface area contributed by atoms with Crippen LogP contribution in [0.2, 0.25) is 0 Å². The first-order valence-electron chi connectivity index (χ1n) is 13.8. The molecule has 2 aromatic rings. The van der Waals surface area contributed by atoms with Crippen LogP contribution in [-0.4, -0.2) is 39.7 Å². The number of carbonyl (C=O) groups excluding carboxylic acids is 2. The number of halogens is 2. The summed E-state index contributed by atoms with van der Waals surface area (Å²) in [5.74, 6) is -2.23. The Morgan fingerprint density at radius 2 is 1.87 bits per heavy atom. The summed E-state index contributed by atoms with van der Waals surface area (Å²) in [4.78, 5) is 31.5. The summed E-state index contributed by atoms with van der Waals surface area (Å²) in [6.45, 7) is 5.88. The van der Waals surface area contributed by atoms with E-state index in [0.717, 1.165) is 35.9 Å². The molecule has 4 rings (SSSR count). The molecule has 2 aliphatic carbocycles. The highest BCUT2D eigenvalue weighted by Crippen LogP contribution is 2.62.